The Balaban J connectivity index is 2.59. The van der Waals surface area contributed by atoms with E-state index >= 15 is 0 Å². The Labute approximate surface area is 84.3 Å². The van der Waals surface area contributed by atoms with Gasteiger partial charge in [0.05, 0.1) is 10.9 Å². The van der Waals surface area contributed by atoms with Crippen molar-refractivity contribution < 1.29 is 13.9 Å². The lowest BCUT2D eigenvalue weighted by Gasteiger charge is -2.00. The summed E-state index contributed by atoms with van der Waals surface area (Å²) in [5, 5.41) is 0.288. The molecule has 1 aromatic heterocycles. The number of fused-ring (bicyclic) bond motifs is 1. The van der Waals surface area contributed by atoms with Crippen LogP contribution in [0.2, 0.25) is 0 Å². The molecule has 0 saturated heterocycles. The molecular formula is C10H7NO4. The van der Waals surface area contributed by atoms with E-state index in [0.29, 0.717) is 11.3 Å². The molecular weight excluding hydrogens is 198 g/mol. The SMILES string of the molecule is CC(=O)Oc1ccc2ncoc(=O)c2c1. The van der Waals surface area contributed by atoms with Gasteiger partial charge in [0.25, 0.3) is 0 Å². The van der Waals surface area contributed by atoms with Crippen LogP contribution in [0.5, 0.6) is 5.75 Å². The molecule has 0 radical (unpaired) electrons. The lowest BCUT2D eigenvalue weighted by atomic mass is 10.2. The molecule has 0 atom stereocenters. The molecule has 0 saturated carbocycles. The average molecular weight is 205 g/mol. The van der Waals surface area contributed by atoms with Gasteiger partial charge in [0.1, 0.15) is 5.75 Å². The normalized spacial score (nSPS) is 10.2. The number of carbonyl (C=O) groups excluding carboxylic acids is 1. The van der Waals surface area contributed by atoms with Gasteiger partial charge in [-0.1, -0.05) is 0 Å². The summed E-state index contributed by atoms with van der Waals surface area (Å²) in [6.45, 7) is 1.29. The molecule has 2 rings (SSSR count). The Morgan fingerprint density at radius 3 is 3.00 bits per heavy atom. The molecule has 1 aromatic carbocycles. The molecule has 0 spiro atoms. The molecule has 1 heterocycles. The molecule has 15 heavy (non-hydrogen) atoms. The van der Waals surface area contributed by atoms with Crippen molar-refractivity contribution in [3.63, 3.8) is 0 Å². The minimum Gasteiger partial charge on any atom is -0.427 e. The number of benzene rings is 1. The van der Waals surface area contributed by atoms with E-state index in [9.17, 15) is 9.59 Å². The van der Waals surface area contributed by atoms with Crippen molar-refractivity contribution in [1.82, 2.24) is 4.98 Å². The van der Waals surface area contributed by atoms with E-state index in [1.807, 2.05) is 0 Å². The summed E-state index contributed by atoms with van der Waals surface area (Å²) < 4.78 is 9.42. The van der Waals surface area contributed by atoms with E-state index in [-0.39, 0.29) is 5.39 Å². The van der Waals surface area contributed by atoms with E-state index in [0.717, 1.165) is 6.39 Å². The van der Waals surface area contributed by atoms with Crippen LogP contribution in [0.3, 0.4) is 0 Å². The number of esters is 1. The minimum absolute atomic E-state index is 0.288. The van der Waals surface area contributed by atoms with Gasteiger partial charge in [0.15, 0.2) is 6.39 Å². The third-order valence-corrected chi connectivity index (χ3v) is 1.80. The van der Waals surface area contributed by atoms with Crippen molar-refractivity contribution in [2.24, 2.45) is 0 Å². The number of hydrogen-bond donors (Lipinski definition) is 0. The number of hydrogen-bond acceptors (Lipinski definition) is 5. The third-order valence-electron chi connectivity index (χ3n) is 1.80. The zero-order chi connectivity index (χ0) is 10.8. The monoisotopic (exact) mass is 205 g/mol. The number of ether oxygens (including phenoxy) is 1. The molecule has 0 bridgehead atoms. The quantitative estimate of drug-likeness (QED) is 0.515. The van der Waals surface area contributed by atoms with Crippen molar-refractivity contribution in [2.45, 2.75) is 6.92 Å². The summed E-state index contributed by atoms with van der Waals surface area (Å²) in [5.74, 6) is -0.141. The summed E-state index contributed by atoms with van der Waals surface area (Å²) in [4.78, 5) is 25.8. The highest BCUT2D eigenvalue weighted by Crippen LogP contribution is 2.16. The number of nitrogens with zero attached hydrogens (tertiary/aromatic N) is 1. The fourth-order valence-corrected chi connectivity index (χ4v) is 1.22. The Morgan fingerprint density at radius 1 is 1.47 bits per heavy atom. The number of carbonyl (C=O) groups is 1. The van der Waals surface area contributed by atoms with Crippen LogP contribution in [0.15, 0.2) is 33.8 Å². The maximum absolute atomic E-state index is 11.3. The molecule has 5 heteroatoms. The van der Waals surface area contributed by atoms with E-state index in [2.05, 4.69) is 9.40 Å². The Morgan fingerprint density at radius 2 is 2.27 bits per heavy atom. The van der Waals surface area contributed by atoms with Crippen molar-refractivity contribution in [1.29, 1.82) is 0 Å². The van der Waals surface area contributed by atoms with Crippen LogP contribution >= 0.6 is 0 Å². The summed E-state index contributed by atoms with van der Waals surface area (Å²) in [6, 6.07) is 4.58. The summed E-state index contributed by atoms with van der Waals surface area (Å²) >= 11 is 0. The smallest absolute Gasteiger partial charge is 0.346 e. The van der Waals surface area contributed by atoms with Gasteiger partial charge in [-0.15, -0.1) is 0 Å². The maximum Gasteiger partial charge on any atom is 0.346 e. The van der Waals surface area contributed by atoms with Gasteiger partial charge in [0, 0.05) is 6.92 Å². The van der Waals surface area contributed by atoms with Crippen LogP contribution in [0.1, 0.15) is 6.92 Å². The zero-order valence-electron chi connectivity index (χ0n) is 7.89. The maximum atomic E-state index is 11.3. The first kappa shape index (κ1) is 9.39. The Kier molecular flexibility index (Phi) is 2.21. The van der Waals surface area contributed by atoms with Crippen LogP contribution in [0.4, 0.5) is 0 Å². The van der Waals surface area contributed by atoms with Crippen molar-refractivity contribution in [3.05, 3.63) is 35.0 Å². The van der Waals surface area contributed by atoms with Gasteiger partial charge in [-0.3, -0.25) is 4.79 Å². The highest BCUT2D eigenvalue weighted by molar-refractivity contribution is 5.79. The molecule has 0 aliphatic carbocycles. The van der Waals surface area contributed by atoms with E-state index < -0.39 is 11.6 Å². The number of aromatic nitrogens is 1. The fraction of sp³-hybridized carbons (Fsp3) is 0.100. The first-order chi connectivity index (χ1) is 7.16. The average Bonchev–Trinajstić information content (AvgIpc) is 2.18. The molecule has 0 amide bonds. The predicted molar refractivity (Wildman–Crippen MR) is 51.6 cm³/mol. The number of rotatable bonds is 1. The van der Waals surface area contributed by atoms with Crippen molar-refractivity contribution >= 4 is 16.9 Å². The Hall–Kier alpha value is -2.17. The van der Waals surface area contributed by atoms with Crippen LogP contribution in [-0.2, 0) is 4.79 Å². The predicted octanol–water partition coefficient (Wildman–Crippen LogP) is 1.11. The second-order valence-electron chi connectivity index (χ2n) is 2.91. The highest BCUT2D eigenvalue weighted by atomic mass is 16.5. The molecule has 2 aromatic rings. The van der Waals surface area contributed by atoms with Gasteiger partial charge < -0.3 is 9.15 Å². The molecule has 0 aliphatic rings. The molecule has 5 nitrogen and oxygen atoms in total. The van der Waals surface area contributed by atoms with Crippen LogP contribution in [0.25, 0.3) is 10.9 Å². The molecule has 0 aliphatic heterocycles. The van der Waals surface area contributed by atoms with Crippen molar-refractivity contribution in [2.75, 3.05) is 0 Å². The minimum atomic E-state index is -0.506. The third kappa shape index (κ3) is 1.85. The largest absolute Gasteiger partial charge is 0.427 e. The second-order valence-corrected chi connectivity index (χ2v) is 2.91. The summed E-state index contributed by atoms with van der Waals surface area (Å²) in [7, 11) is 0. The first-order valence-corrected chi connectivity index (χ1v) is 4.23. The summed E-state index contributed by atoms with van der Waals surface area (Å²) in [6.07, 6.45) is 1.08. The van der Waals surface area contributed by atoms with Gasteiger partial charge in [-0.05, 0) is 18.2 Å². The van der Waals surface area contributed by atoms with E-state index in [1.165, 1.54) is 13.0 Å². The van der Waals surface area contributed by atoms with E-state index in [4.69, 9.17) is 4.74 Å². The summed E-state index contributed by atoms with van der Waals surface area (Å²) in [5.41, 5.74) is -0.00356. The molecule has 76 valence electrons. The topological polar surface area (TPSA) is 69.4 Å². The van der Waals surface area contributed by atoms with Crippen LogP contribution < -0.4 is 10.4 Å². The first-order valence-electron chi connectivity index (χ1n) is 4.23. The molecule has 0 N–H and O–H groups in total. The van der Waals surface area contributed by atoms with E-state index in [1.54, 1.807) is 12.1 Å². The van der Waals surface area contributed by atoms with Gasteiger partial charge in [-0.25, -0.2) is 9.78 Å². The lowest BCUT2D eigenvalue weighted by molar-refractivity contribution is -0.131. The standard InChI is InChI=1S/C10H7NO4/c1-6(12)15-7-2-3-9-8(4-7)10(13)14-5-11-9/h2-5H,1H3. The van der Waals surface area contributed by atoms with Gasteiger partial charge >= 0.3 is 11.6 Å². The molecule has 0 unspecified atom stereocenters. The van der Waals surface area contributed by atoms with Crippen LogP contribution in [0, 0.1) is 0 Å². The van der Waals surface area contributed by atoms with Gasteiger partial charge in [0.2, 0.25) is 0 Å². The van der Waals surface area contributed by atoms with Crippen LogP contribution in [-0.4, -0.2) is 11.0 Å². The van der Waals surface area contributed by atoms with Crippen molar-refractivity contribution in [3.8, 4) is 5.75 Å². The van der Waals surface area contributed by atoms with Gasteiger partial charge in [-0.2, -0.15) is 0 Å². The fourth-order valence-electron chi connectivity index (χ4n) is 1.22. The lowest BCUT2D eigenvalue weighted by Crippen LogP contribution is -2.04. The Bertz CT molecular complexity index is 573. The molecule has 0 fully saturated rings. The zero-order valence-corrected chi connectivity index (χ0v) is 7.89. The highest BCUT2D eigenvalue weighted by Gasteiger charge is 2.04. The second kappa shape index (κ2) is 3.53.